The highest BCUT2D eigenvalue weighted by Crippen LogP contribution is 2.48. The summed E-state index contributed by atoms with van der Waals surface area (Å²) in [4.78, 5) is 14.3. The van der Waals surface area contributed by atoms with Crippen LogP contribution in [-0.4, -0.2) is 44.6 Å². The molecule has 1 N–H and O–H groups in total. The van der Waals surface area contributed by atoms with E-state index < -0.39 is 10.0 Å². The number of benzene rings is 1. The number of sulfonamides is 1. The third-order valence-corrected chi connectivity index (χ3v) is 5.49. The molecule has 122 valence electrons. The number of carbonyl (C=O) groups is 1. The fraction of sp³-hybridized carbons (Fsp3) is 0.500. The average molecular weight is 333 g/mol. The summed E-state index contributed by atoms with van der Waals surface area (Å²) in [6, 6.07) is 8.69. The highest BCUT2D eigenvalue weighted by molar-refractivity contribution is 7.88. The lowest BCUT2D eigenvalue weighted by atomic mass is 9.65. The first-order valence-electron chi connectivity index (χ1n) is 7.57. The molecule has 1 aliphatic heterocycles. The minimum atomic E-state index is -3.17. The van der Waals surface area contributed by atoms with Crippen LogP contribution in [0.15, 0.2) is 24.3 Å². The average Bonchev–Trinajstić information content (AvgIpc) is 2.90. The summed E-state index contributed by atoms with van der Waals surface area (Å²) < 4.78 is 25.1. The van der Waals surface area contributed by atoms with E-state index in [0.717, 1.165) is 19.3 Å². The number of rotatable bonds is 3. The quantitative estimate of drug-likeness (QED) is 0.897. The van der Waals surface area contributed by atoms with Crippen molar-refractivity contribution in [2.24, 2.45) is 5.41 Å². The largest absolute Gasteiger partial charge is 0.338 e. The SMILES string of the molecule is CS(=O)(=O)NC1CC2(CCN(C(=O)c3ccc(C#N)cc3)C2)C1. The number of amides is 1. The number of hydrogen-bond acceptors (Lipinski definition) is 4. The van der Waals surface area contributed by atoms with E-state index in [2.05, 4.69) is 4.72 Å². The minimum Gasteiger partial charge on any atom is -0.338 e. The lowest BCUT2D eigenvalue weighted by Gasteiger charge is -2.45. The monoisotopic (exact) mass is 333 g/mol. The topological polar surface area (TPSA) is 90.3 Å². The molecule has 1 amide bonds. The van der Waals surface area contributed by atoms with E-state index in [9.17, 15) is 13.2 Å². The third-order valence-electron chi connectivity index (χ3n) is 4.73. The van der Waals surface area contributed by atoms with E-state index in [0.29, 0.717) is 24.2 Å². The first-order chi connectivity index (χ1) is 10.8. The lowest BCUT2D eigenvalue weighted by molar-refractivity contribution is 0.0688. The zero-order valence-corrected chi connectivity index (χ0v) is 13.8. The lowest BCUT2D eigenvalue weighted by Crippen LogP contribution is -2.51. The molecule has 1 spiro atoms. The second kappa shape index (κ2) is 5.62. The molecule has 1 heterocycles. The van der Waals surface area contributed by atoms with Crippen LogP contribution in [0.3, 0.4) is 0 Å². The van der Waals surface area contributed by atoms with Gasteiger partial charge in [-0.15, -0.1) is 0 Å². The predicted molar refractivity (Wildman–Crippen MR) is 85.1 cm³/mol. The van der Waals surface area contributed by atoms with Crippen molar-refractivity contribution in [2.75, 3.05) is 19.3 Å². The van der Waals surface area contributed by atoms with Crippen LogP contribution < -0.4 is 4.72 Å². The van der Waals surface area contributed by atoms with Gasteiger partial charge in [0, 0.05) is 24.7 Å². The van der Waals surface area contributed by atoms with Crippen LogP contribution in [0.25, 0.3) is 0 Å². The van der Waals surface area contributed by atoms with E-state index in [1.807, 2.05) is 11.0 Å². The van der Waals surface area contributed by atoms with E-state index in [1.165, 1.54) is 6.26 Å². The number of carbonyl (C=O) groups excluding carboxylic acids is 1. The molecular weight excluding hydrogens is 314 g/mol. The Bertz CT molecular complexity index is 759. The van der Waals surface area contributed by atoms with Crippen LogP contribution in [0.4, 0.5) is 0 Å². The van der Waals surface area contributed by atoms with Gasteiger partial charge in [0.25, 0.3) is 5.91 Å². The molecule has 2 aliphatic rings. The molecule has 0 radical (unpaired) electrons. The molecule has 0 atom stereocenters. The molecule has 1 saturated heterocycles. The molecule has 23 heavy (non-hydrogen) atoms. The van der Waals surface area contributed by atoms with Gasteiger partial charge in [-0.1, -0.05) is 0 Å². The summed E-state index contributed by atoms with van der Waals surface area (Å²) in [6.45, 7) is 1.37. The smallest absolute Gasteiger partial charge is 0.253 e. The summed E-state index contributed by atoms with van der Waals surface area (Å²) in [6.07, 6.45) is 3.67. The van der Waals surface area contributed by atoms with E-state index in [4.69, 9.17) is 5.26 Å². The van der Waals surface area contributed by atoms with Gasteiger partial charge < -0.3 is 4.90 Å². The Morgan fingerprint density at radius 1 is 1.35 bits per heavy atom. The molecule has 3 rings (SSSR count). The molecule has 1 saturated carbocycles. The second-order valence-corrected chi connectivity index (χ2v) is 8.44. The fourth-order valence-electron chi connectivity index (χ4n) is 3.68. The maximum atomic E-state index is 12.5. The number of nitrogens with one attached hydrogen (secondary N) is 1. The van der Waals surface area contributed by atoms with Crippen LogP contribution in [-0.2, 0) is 10.0 Å². The molecule has 7 heteroatoms. The Morgan fingerprint density at radius 2 is 2.00 bits per heavy atom. The first kappa shape index (κ1) is 16.0. The Hall–Kier alpha value is -1.91. The van der Waals surface area contributed by atoms with Crippen molar-refractivity contribution in [2.45, 2.75) is 25.3 Å². The molecule has 1 aromatic rings. The summed E-state index contributed by atoms with van der Waals surface area (Å²) in [5.41, 5.74) is 1.18. The fourth-order valence-corrected chi connectivity index (χ4v) is 4.46. The zero-order chi connectivity index (χ0) is 16.7. The zero-order valence-electron chi connectivity index (χ0n) is 12.9. The summed E-state index contributed by atoms with van der Waals surface area (Å²) in [5, 5.41) is 8.80. The van der Waals surface area contributed by atoms with Gasteiger partial charge in [0.2, 0.25) is 10.0 Å². The molecule has 1 aliphatic carbocycles. The van der Waals surface area contributed by atoms with Gasteiger partial charge in [-0.05, 0) is 48.9 Å². The number of likely N-dealkylation sites (tertiary alicyclic amines) is 1. The second-order valence-electron chi connectivity index (χ2n) is 6.66. The van der Waals surface area contributed by atoms with Gasteiger partial charge in [-0.2, -0.15) is 5.26 Å². The Morgan fingerprint density at radius 3 is 2.57 bits per heavy atom. The van der Waals surface area contributed by atoms with E-state index in [-0.39, 0.29) is 17.4 Å². The highest BCUT2D eigenvalue weighted by Gasteiger charge is 2.50. The van der Waals surface area contributed by atoms with Crippen molar-refractivity contribution in [3.05, 3.63) is 35.4 Å². The van der Waals surface area contributed by atoms with Crippen molar-refractivity contribution in [3.8, 4) is 6.07 Å². The van der Waals surface area contributed by atoms with Crippen molar-refractivity contribution in [1.29, 1.82) is 5.26 Å². The van der Waals surface area contributed by atoms with Crippen molar-refractivity contribution in [1.82, 2.24) is 9.62 Å². The van der Waals surface area contributed by atoms with Crippen LogP contribution >= 0.6 is 0 Å². The summed E-state index contributed by atoms with van der Waals surface area (Å²) in [7, 11) is -3.17. The van der Waals surface area contributed by atoms with Gasteiger partial charge in [-0.3, -0.25) is 4.79 Å². The molecular formula is C16H19N3O3S. The Kier molecular flexibility index (Phi) is 3.90. The normalized spacial score (nSPS) is 26.8. The number of hydrogen-bond donors (Lipinski definition) is 1. The standard InChI is InChI=1S/C16H19N3O3S/c1-23(21,22)18-14-8-16(9-14)6-7-19(11-16)15(20)13-4-2-12(10-17)3-5-13/h2-5,14,18H,6-9,11H2,1H3. The minimum absolute atomic E-state index is 0.00466. The van der Waals surface area contributed by atoms with Crippen molar-refractivity contribution in [3.63, 3.8) is 0 Å². The third kappa shape index (κ3) is 3.38. The van der Waals surface area contributed by atoms with Gasteiger partial charge in [-0.25, -0.2) is 13.1 Å². The number of nitrogens with zero attached hydrogens (tertiary/aromatic N) is 2. The van der Waals surface area contributed by atoms with Crippen LogP contribution in [0, 0.1) is 16.7 Å². The first-order valence-corrected chi connectivity index (χ1v) is 9.46. The van der Waals surface area contributed by atoms with Gasteiger partial charge >= 0.3 is 0 Å². The van der Waals surface area contributed by atoms with Crippen LogP contribution in [0.1, 0.15) is 35.2 Å². The molecule has 6 nitrogen and oxygen atoms in total. The Labute approximate surface area is 136 Å². The Balaban J connectivity index is 1.60. The van der Waals surface area contributed by atoms with Gasteiger partial charge in [0.15, 0.2) is 0 Å². The van der Waals surface area contributed by atoms with Gasteiger partial charge in [0.1, 0.15) is 0 Å². The molecule has 2 fully saturated rings. The molecule has 0 unspecified atom stereocenters. The summed E-state index contributed by atoms with van der Waals surface area (Å²) in [5.74, 6) is -0.0223. The van der Waals surface area contributed by atoms with Crippen molar-refractivity contribution >= 4 is 15.9 Å². The van der Waals surface area contributed by atoms with E-state index >= 15 is 0 Å². The molecule has 0 aromatic heterocycles. The van der Waals surface area contributed by atoms with Crippen molar-refractivity contribution < 1.29 is 13.2 Å². The maximum Gasteiger partial charge on any atom is 0.253 e. The van der Waals surface area contributed by atoms with Crippen LogP contribution in [0.2, 0.25) is 0 Å². The summed E-state index contributed by atoms with van der Waals surface area (Å²) >= 11 is 0. The number of nitriles is 1. The maximum absolute atomic E-state index is 12.5. The van der Waals surface area contributed by atoms with E-state index in [1.54, 1.807) is 24.3 Å². The molecule has 1 aromatic carbocycles. The molecule has 0 bridgehead atoms. The van der Waals surface area contributed by atoms with Gasteiger partial charge in [0.05, 0.1) is 17.9 Å². The predicted octanol–water partition coefficient (Wildman–Crippen LogP) is 1.10. The van der Waals surface area contributed by atoms with Crippen LogP contribution in [0.5, 0.6) is 0 Å². The highest BCUT2D eigenvalue weighted by atomic mass is 32.2.